The molecule has 1 amide bonds. The zero-order chi connectivity index (χ0) is 22.9. The van der Waals surface area contributed by atoms with Crippen LogP contribution < -0.4 is 10.6 Å². The summed E-state index contributed by atoms with van der Waals surface area (Å²) in [6.07, 6.45) is 23.8. The van der Waals surface area contributed by atoms with Crippen LogP contribution in [0, 0.1) is 22.7 Å². The van der Waals surface area contributed by atoms with Gasteiger partial charge in [0.2, 0.25) is 5.91 Å². The summed E-state index contributed by atoms with van der Waals surface area (Å²) >= 11 is 0. The van der Waals surface area contributed by atoms with Crippen molar-refractivity contribution in [3.63, 3.8) is 0 Å². The normalized spacial score (nSPS) is 30.8. The summed E-state index contributed by atoms with van der Waals surface area (Å²) < 4.78 is 0. The van der Waals surface area contributed by atoms with Gasteiger partial charge < -0.3 is 10.6 Å². The first-order chi connectivity index (χ1) is 15.3. The van der Waals surface area contributed by atoms with E-state index in [1.54, 1.807) is 0 Å². The highest BCUT2D eigenvalue weighted by molar-refractivity contribution is 5.76. The summed E-state index contributed by atoms with van der Waals surface area (Å²) in [5.41, 5.74) is 0.881. The Balaban J connectivity index is 1.43. The maximum absolute atomic E-state index is 12.9. The minimum atomic E-state index is 0.321. The van der Waals surface area contributed by atoms with E-state index in [1.165, 1.54) is 116 Å². The SMILES string of the molecule is CC(C)(C)C[C@H]1CC[C@H](NC(=O)CC2CNCC3(CCCCCCCCCCC3)C2)CC1. The van der Waals surface area contributed by atoms with Crippen molar-refractivity contribution in [3.8, 4) is 0 Å². The van der Waals surface area contributed by atoms with Crippen LogP contribution in [0.4, 0.5) is 0 Å². The predicted molar refractivity (Wildman–Crippen MR) is 137 cm³/mol. The van der Waals surface area contributed by atoms with E-state index in [4.69, 9.17) is 0 Å². The monoisotopic (exact) mass is 446 g/mol. The molecule has 1 atom stereocenters. The number of rotatable bonds is 4. The van der Waals surface area contributed by atoms with E-state index in [0.29, 0.717) is 28.7 Å². The molecule has 1 spiro atoms. The molecule has 1 unspecified atom stereocenters. The largest absolute Gasteiger partial charge is 0.353 e. The van der Waals surface area contributed by atoms with Gasteiger partial charge in [0.1, 0.15) is 0 Å². The van der Waals surface area contributed by atoms with Crippen molar-refractivity contribution in [2.75, 3.05) is 13.1 Å². The van der Waals surface area contributed by atoms with E-state index in [1.807, 2.05) is 0 Å². The summed E-state index contributed by atoms with van der Waals surface area (Å²) in [5.74, 6) is 1.70. The van der Waals surface area contributed by atoms with E-state index >= 15 is 0 Å². The Labute approximate surface area is 199 Å². The third kappa shape index (κ3) is 9.35. The summed E-state index contributed by atoms with van der Waals surface area (Å²) in [7, 11) is 0. The molecule has 186 valence electrons. The number of carbonyl (C=O) groups is 1. The van der Waals surface area contributed by atoms with E-state index in [9.17, 15) is 4.79 Å². The van der Waals surface area contributed by atoms with E-state index in [2.05, 4.69) is 31.4 Å². The maximum atomic E-state index is 12.9. The highest BCUT2D eigenvalue weighted by Gasteiger charge is 2.36. The Bertz CT molecular complexity index is 532. The molecule has 3 rings (SSSR count). The second kappa shape index (κ2) is 12.8. The smallest absolute Gasteiger partial charge is 0.220 e. The van der Waals surface area contributed by atoms with E-state index in [-0.39, 0.29) is 0 Å². The molecule has 2 N–H and O–H groups in total. The zero-order valence-electron chi connectivity index (χ0n) is 21.8. The second-order valence-electron chi connectivity index (χ2n) is 13.1. The Morgan fingerprint density at radius 2 is 1.41 bits per heavy atom. The fourth-order valence-electron chi connectivity index (χ4n) is 7.11. The predicted octanol–water partition coefficient (Wildman–Crippen LogP) is 7.39. The quantitative estimate of drug-likeness (QED) is 0.472. The number of carbonyl (C=O) groups excluding carboxylic acids is 1. The molecular weight excluding hydrogens is 392 g/mol. The van der Waals surface area contributed by atoms with Crippen LogP contribution in [0.5, 0.6) is 0 Å². The van der Waals surface area contributed by atoms with Crippen molar-refractivity contribution >= 4 is 5.91 Å². The van der Waals surface area contributed by atoms with Crippen molar-refractivity contribution in [2.45, 2.75) is 142 Å². The van der Waals surface area contributed by atoms with Gasteiger partial charge in [-0.05, 0) is 80.6 Å². The molecule has 0 bridgehead atoms. The highest BCUT2D eigenvalue weighted by Crippen LogP contribution is 2.41. The molecule has 2 saturated carbocycles. The van der Waals surface area contributed by atoms with Gasteiger partial charge in [0.15, 0.2) is 0 Å². The molecule has 32 heavy (non-hydrogen) atoms. The lowest BCUT2D eigenvalue weighted by Crippen LogP contribution is -2.46. The van der Waals surface area contributed by atoms with Gasteiger partial charge in [-0.3, -0.25) is 4.79 Å². The third-order valence-electron chi connectivity index (χ3n) is 8.66. The van der Waals surface area contributed by atoms with Gasteiger partial charge in [0.05, 0.1) is 0 Å². The van der Waals surface area contributed by atoms with Crippen LogP contribution in [-0.4, -0.2) is 25.0 Å². The van der Waals surface area contributed by atoms with Crippen LogP contribution in [0.25, 0.3) is 0 Å². The van der Waals surface area contributed by atoms with Gasteiger partial charge in [-0.15, -0.1) is 0 Å². The van der Waals surface area contributed by atoms with Gasteiger partial charge in [0, 0.05) is 19.0 Å². The first-order valence-electron chi connectivity index (χ1n) is 14.3. The Morgan fingerprint density at radius 1 is 0.844 bits per heavy atom. The summed E-state index contributed by atoms with van der Waals surface area (Å²) in [6, 6.07) is 0.422. The average Bonchev–Trinajstić information content (AvgIpc) is 2.71. The van der Waals surface area contributed by atoms with Crippen molar-refractivity contribution in [1.29, 1.82) is 0 Å². The topological polar surface area (TPSA) is 41.1 Å². The number of hydrogen-bond acceptors (Lipinski definition) is 2. The van der Waals surface area contributed by atoms with Crippen molar-refractivity contribution in [3.05, 3.63) is 0 Å². The molecular formula is C29H54N2O. The summed E-state index contributed by atoms with van der Waals surface area (Å²) in [5, 5.41) is 7.19. The summed E-state index contributed by atoms with van der Waals surface area (Å²) in [6.45, 7) is 9.28. The molecule has 0 radical (unpaired) electrons. The van der Waals surface area contributed by atoms with Crippen molar-refractivity contribution < 1.29 is 4.79 Å². The fourth-order valence-corrected chi connectivity index (χ4v) is 7.11. The molecule has 1 aliphatic heterocycles. The average molecular weight is 447 g/mol. The lowest BCUT2D eigenvalue weighted by molar-refractivity contribution is -0.123. The Morgan fingerprint density at radius 3 is 1.97 bits per heavy atom. The Kier molecular flexibility index (Phi) is 10.4. The Hall–Kier alpha value is -0.570. The highest BCUT2D eigenvalue weighted by atomic mass is 16.1. The van der Waals surface area contributed by atoms with Crippen LogP contribution in [0.3, 0.4) is 0 Å². The minimum Gasteiger partial charge on any atom is -0.353 e. The number of piperidine rings is 1. The van der Waals surface area contributed by atoms with Crippen LogP contribution in [0.1, 0.15) is 136 Å². The summed E-state index contributed by atoms with van der Waals surface area (Å²) in [4.78, 5) is 12.9. The molecule has 0 aromatic carbocycles. The maximum Gasteiger partial charge on any atom is 0.220 e. The van der Waals surface area contributed by atoms with Crippen LogP contribution in [0.15, 0.2) is 0 Å². The van der Waals surface area contributed by atoms with E-state index in [0.717, 1.165) is 18.9 Å². The van der Waals surface area contributed by atoms with Gasteiger partial charge in [-0.25, -0.2) is 0 Å². The van der Waals surface area contributed by atoms with Gasteiger partial charge >= 0.3 is 0 Å². The number of hydrogen-bond donors (Lipinski definition) is 2. The third-order valence-corrected chi connectivity index (χ3v) is 8.66. The van der Waals surface area contributed by atoms with Crippen LogP contribution in [-0.2, 0) is 4.79 Å². The van der Waals surface area contributed by atoms with Gasteiger partial charge in [0.25, 0.3) is 0 Å². The first kappa shape index (κ1) is 26.0. The molecule has 3 nitrogen and oxygen atoms in total. The number of nitrogens with one attached hydrogen (secondary N) is 2. The molecule has 3 heteroatoms. The molecule has 0 aromatic heterocycles. The molecule has 1 heterocycles. The molecule has 1 saturated heterocycles. The van der Waals surface area contributed by atoms with Crippen LogP contribution in [0.2, 0.25) is 0 Å². The van der Waals surface area contributed by atoms with Gasteiger partial charge in [-0.2, -0.15) is 0 Å². The number of amides is 1. The minimum absolute atomic E-state index is 0.321. The van der Waals surface area contributed by atoms with E-state index < -0.39 is 0 Å². The zero-order valence-corrected chi connectivity index (χ0v) is 21.8. The standard InChI is InChI=1S/C29H54N2O/c1-28(2,3)20-24-13-15-26(16-14-24)31-27(32)19-25-21-29(23-30-22-25)17-11-9-7-5-4-6-8-10-12-18-29/h24-26,30H,4-23H2,1-3H3,(H,31,32)/t24-,25?,26-. The van der Waals surface area contributed by atoms with Crippen molar-refractivity contribution in [2.24, 2.45) is 22.7 Å². The molecule has 3 fully saturated rings. The van der Waals surface area contributed by atoms with Crippen LogP contribution >= 0.6 is 0 Å². The van der Waals surface area contributed by atoms with Gasteiger partial charge in [-0.1, -0.05) is 78.6 Å². The molecule has 2 aliphatic carbocycles. The lowest BCUT2D eigenvalue weighted by Gasteiger charge is -2.42. The molecule has 0 aromatic rings. The van der Waals surface area contributed by atoms with Crippen molar-refractivity contribution in [1.82, 2.24) is 10.6 Å². The molecule has 3 aliphatic rings. The second-order valence-corrected chi connectivity index (χ2v) is 13.1. The lowest BCUT2D eigenvalue weighted by atomic mass is 9.69. The fraction of sp³-hybridized carbons (Fsp3) is 0.966. The first-order valence-corrected chi connectivity index (χ1v) is 14.3.